The van der Waals surface area contributed by atoms with Crippen LogP contribution in [0.15, 0.2) is 6.20 Å². The third kappa shape index (κ3) is 3.04. The van der Waals surface area contributed by atoms with Gasteiger partial charge in [0.05, 0.1) is 11.7 Å². The molecule has 0 spiro atoms. The van der Waals surface area contributed by atoms with E-state index < -0.39 is 0 Å². The third-order valence-corrected chi connectivity index (χ3v) is 6.06. The Kier molecular flexibility index (Phi) is 4.54. The number of nitrogens with zero attached hydrogens (tertiary/aromatic N) is 4. The molecule has 7 heteroatoms. The maximum absolute atomic E-state index is 13.0. The number of likely N-dealkylation sites (tertiary alicyclic amines) is 1. The molecule has 0 aromatic carbocycles. The summed E-state index contributed by atoms with van der Waals surface area (Å²) in [6, 6.07) is 0.526. The van der Waals surface area contributed by atoms with E-state index in [-0.39, 0.29) is 30.1 Å². The number of carbonyl (C=O) groups is 2. The van der Waals surface area contributed by atoms with Crippen molar-refractivity contribution in [1.82, 2.24) is 25.1 Å². The lowest BCUT2D eigenvalue weighted by molar-refractivity contribution is -0.129. The van der Waals surface area contributed by atoms with Gasteiger partial charge in [-0.1, -0.05) is 6.92 Å². The molecule has 1 aromatic rings. The summed E-state index contributed by atoms with van der Waals surface area (Å²) in [7, 11) is 0. The van der Waals surface area contributed by atoms with E-state index in [4.69, 9.17) is 4.98 Å². The minimum atomic E-state index is 0.0315. The molecule has 3 amide bonds. The van der Waals surface area contributed by atoms with E-state index >= 15 is 0 Å². The smallest absolute Gasteiger partial charge is 0.318 e. The number of carbonyl (C=O) groups excluding carboxylic acids is 2. The molecule has 2 saturated heterocycles. The Morgan fingerprint density at radius 1 is 1.23 bits per heavy atom. The molecule has 2 bridgehead atoms. The summed E-state index contributed by atoms with van der Waals surface area (Å²) >= 11 is 0. The molecule has 1 aromatic heterocycles. The molecular weight excluding hydrogens is 330 g/mol. The van der Waals surface area contributed by atoms with Gasteiger partial charge in [0.25, 0.3) is 0 Å². The predicted octanol–water partition coefficient (Wildman–Crippen LogP) is 1.82. The van der Waals surface area contributed by atoms with Gasteiger partial charge >= 0.3 is 6.03 Å². The second-order valence-electron chi connectivity index (χ2n) is 7.63. The quantitative estimate of drug-likeness (QED) is 0.876. The second kappa shape index (κ2) is 6.85. The van der Waals surface area contributed by atoms with Gasteiger partial charge in [-0.25, -0.2) is 14.8 Å². The number of hydrogen-bond donors (Lipinski definition) is 1. The lowest BCUT2D eigenvalue weighted by Crippen LogP contribution is -2.52. The van der Waals surface area contributed by atoms with Crippen molar-refractivity contribution in [3.63, 3.8) is 0 Å². The highest BCUT2D eigenvalue weighted by atomic mass is 16.2. The van der Waals surface area contributed by atoms with Crippen molar-refractivity contribution in [3.05, 3.63) is 23.3 Å². The summed E-state index contributed by atoms with van der Waals surface area (Å²) in [6.07, 6.45) is 7.27. The van der Waals surface area contributed by atoms with Gasteiger partial charge in [-0.05, 0) is 25.7 Å². The maximum Gasteiger partial charge on any atom is 0.318 e. The molecule has 3 aliphatic rings. The first-order valence-corrected chi connectivity index (χ1v) is 9.75. The zero-order chi connectivity index (χ0) is 18.3. The maximum atomic E-state index is 13.0. The van der Waals surface area contributed by atoms with Crippen molar-refractivity contribution in [1.29, 1.82) is 0 Å². The predicted molar refractivity (Wildman–Crippen MR) is 96.5 cm³/mol. The molecule has 140 valence electrons. The largest absolute Gasteiger partial charge is 0.343 e. The van der Waals surface area contributed by atoms with Crippen molar-refractivity contribution in [2.24, 2.45) is 0 Å². The minimum Gasteiger partial charge on any atom is -0.343 e. The number of rotatable bonds is 2. The monoisotopic (exact) mass is 357 g/mol. The molecule has 0 aliphatic carbocycles. The summed E-state index contributed by atoms with van der Waals surface area (Å²) in [5, 5.41) is 3.21. The van der Waals surface area contributed by atoms with E-state index in [0.717, 1.165) is 68.7 Å². The fourth-order valence-electron chi connectivity index (χ4n) is 4.59. The first kappa shape index (κ1) is 17.2. The number of aromatic nitrogens is 2. The van der Waals surface area contributed by atoms with Crippen LogP contribution in [0, 0.1) is 0 Å². The Bertz CT molecular complexity index is 714. The Morgan fingerprint density at radius 3 is 2.69 bits per heavy atom. The fourth-order valence-corrected chi connectivity index (χ4v) is 4.59. The number of nitrogens with one attached hydrogen (secondary N) is 1. The average molecular weight is 357 g/mol. The van der Waals surface area contributed by atoms with E-state index in [1.165, 1.54) is 0 Å². The van der Waals surface area contributed by atoms with E-state index in [0.29, 0.717) is 0 Å². The summed E-state index contributed by atoms with van der Waals surface area (Å²) in [4.78, 5) is 37.4. The van der Waals surface area contributed by atoms with Crippen molar-refractivity contribution >= 4 is 11.9 Å². The zero-order valence-electron chi connectivity index (χ0n) is 15.6. The zero-order valence-corrected chi connectivity index (χ0v) is 15.6. The van der Waals surface area contributed by atoms with Crippen LogP contribution >= 0.6 is 0 Å². The third-order valence-electron chi connectivity index (χ3n) is 6.06. The van der Waals surface area contributed by atoms with E-state index in [1.807, 2.05) is 16.0 Å². The van der Waals surface area contributed by atoms with E-state index in [9.17, 15) is 9.59 Å². The highest BCUT2D eigenvalue weighted by Crippen LogP contribution is 2.42. The van der Waals surface area contributed by atoms with Crippen LogP contribution in [0.1, 0.15) is 62.7 Å². The number of hydrogen-bond acceptors (Lipinski definition) is 4. The van der Waals surface area contributed by atoms with Crippen molar-refractivity contribution in [2.45, 2.75) is 70.5 Å². The van der Waals surface area contributed by atoms with Gasteiger partial charge in [0, 0.05) is 56.7 Å². The topological polar surface area (TPSA) is 78.4 Å². The van der Waals surface area contributed by atoms with E-state index in [1.54, 1.807) is 6.92 Å². The van der Waals surface area contributed by atoms with Crippen molar-refractivity contribution in [3.8, 4) is 0 Å². The Hall–Kier alpha value is -2.18. The Balaban J connectivity index is 1.43. The number of urea groups is 1. The normalized spacial score (nSPS) is 25.2. The molecular formula is C19H27N5O2. The summed E-state index contributed by atoms with van der Waals surface area (Å²) in [6.45, 7) is 5.12. The molecule has 2 unspecified atom stereocenters. The first-order valence-electron chi connectivity index (χ1n) is 9.75. The average Bonchev–Trinajstić information content (AvgIpc) is 2.97. The van der Waals surface area contributed by atoms with Gasteiger partial charge in [-0.3, -0.25) is 4.79 Å². The number of amides is 3. The number of aryl methyl sites for hydroxylation is 1. The molecule has 2 fully saturated rings. The number of piperidine rings is 1. The highest BCUT2D eigenvalue weighted by Gasteiger charge is 2.44. The standard InChI is InChI=1S/C19H27N5O2/c1-3-18-20-11-15-16(22-18)10-14-4-5-17(15)24(14)19(26)21-13-6-8-23(9-7-13)12(2)25/h11,13-14,17H,3-10H2,1-2H3,(H,21,26). The van der Waals surface area contributed by atoms with Gasteiger partial charge in [-0.2, -0.15) is 0 Å². The molecule has 0 radical (unpaired) electrons. The van der Waals surface area contributed by atoms with Crippen LogP contribution in [0.5, 0.6) is 0 Å². The first-order chi connectivity index (χ1) is 12.6. The number of fused-ring (bicyclic) bond motifs is 4. The molecule has 4 rings (SSSR count). The van der Waals surface area contributed by atoms with Gasteiger partial charge in [0.2, 0.25) is 5.91 Å². The summed E-state index contributed by atoms with van der Waals surface area (Å²) in [5.41, 5.74) is 2.25. The molecule has 1 N–H and O–H groups in total. The molecule has 0 saturated carbocycles. The Morgan fingerprint density at radius 2 is 2.00 bits per heavy atom. The van der Waals surface area contributed by atoms with Crippen molar-refractivity contribution < 1.29 is 9.59 Å². The molecule has 7 nitrogen and oxygen atoms in total. The van der Waals surface area contributed by atoms with Gasteiger partial charge in [0.1, 0.15) is 5.82 Å². The van der Waals surface area contributed by atoms with Crippen LogP contribution in [0.25, 0.3) is 0 Å². The second-order valence-corrected chi connectivity index (χ2v) is 7.63. The summed E-state index contributed by atoms with van der Waals surface area (Å²) in [5.74, 6) is 1.00. The van der Waals surface area contributed by atoms with Gasteiger partial charge in [0.15, 0.2) is 0 Å². The van der Waals surface area contributed by atoms with Crippen LogP contribution in [-0.4, -0.2) is 56.9 Å². The molecule has 26 heavy (non-hydrogen) atoms. The lowest BCUT2D eigenvalue weighted by Gasteiger charge is -2.38. The van der Waals surface area contributed by atoms with Crippen LogP contribution in [0.3, 0.4) is 0 Å². The highest BCUT2D eigenvalue weighted by molar-refractivity contribution is 5.76. The van der Waals surface area contributed by atoms with Gasteiger partial charge < -0.3 is 15.1 Å². The van der Waals surface area contributed by atoms with Crippen LogP contribution in [-0.2, 0) is 17.6 Å². The molecule has 2 atom stereocenters. The van der Waals surface area contributed by atoms with Crippen molar-refractivity contribution in [2.75, 3.05) is 13.1 Å². The Labute approximate surface area is 154 Å². The lowest BCUT2D eigenvalue weighted by atomic mass is 9.99. The summed E-state index contributed by atoms with van der Waals surface area (Å²) < 4.78 is 0. The molecule has 3 aliphatic heterocycles. The van der Waals surface area contributed by atoms with E-state index in [2.05, 4.69) is 17.2 Å². The SMILES string of the molecule is CCc1ncc2c(n1)CC1CCC2N1C(=O)NC1CCN(C(C)=O)CC1. The molecule has 4 heterocycles. The van der Waals surface area contributed by atoms with Crippen LogP contribution < -0.4 is 5.32 Å². The van der Waals surface area contributed by atoms with Gasteiger partial charge in [-0.15, -0.1) is 0 Å². The minimum absolute atomic E-state index is 0.0315. The van der Waals surface area contributed by atoms with Crippen LogP contribution in [0.4, 0.5) is 4.79 Å². The fraction of sp³-hybridized carbons (Fsp3) is 0.684. The van der Waals surface area contributed by atoms with Crippen LogP contribution in [0.2, 0.25) is 0 Å².